The standard InChI is InChI=1S/C104H93N3/c1-8-10-64-103(4,5)82-57-63-95-97(68-82)101(105(84-58-52-78(53-59-84)76-48-44-74(45-49-76)72-28-14-12-15-29-72)86-34-26-33-80(66-86)96-67-81-32-18-19-38-90(81)91-39-21-20-37-89(91)71(96)3)94-62-56-83(104(6,7)65-11-9-2)69-98(94)102(95)106(85-60-54-79(55-61-85)77-50-46-75(47-51-77)73-30-16-13-17-31-73)87-35-27-36-88(70-87)107-99-42-24-22-40-92(99)93-41-23-25-43-100(93)107/h12-63,66,68-71,96H,8-11,64-65,67H2,1-7H3. The number of hydrogen-bond donors (Lipinski definition) is 0. The number of nitrogens with zero attached hydrogens (tertiary/aromatic N) is 3. The van der Waals surface area contributed by atoms with E-state index >= 15 is 0 Å². The monoisotopic (exact) mass is 1380 g/mol. The Kier molecular flexibility index (Phi) is 18.5. The minimum Gasteiger partial charge on any atom is -0.309 e. The molecule has 0 radical (unpaired) electrons. The Morgan fingerprint density at radius 2 is 0.729 bits per heavy atom. The summed E-state index contributed by atoms with van der Waals surface area (Å²) in [5.74, 6) is 0.441. The summed E-state index contributed by atoms with van der Waals surface area (Å²) in [7, 11) is 0. The SMILES string of the molecule is CCCCC(C)(C)c1ccc2c(N(c3ccc(-c4ccc(-c5ccccc5)cc4)cc3)c3cccc(-n4c5ccccc5c5ccccc54)c3)c3cc(C(C)(C)CCCC)ccc3c(N(c3ccc(-c4ccc(-c5ccccc5)cc4)cc3)c3cccc(C4Cc5ccccc5-c5ccccc5C4C)c3)c2c1. The van der Waals surface area contributed by atoms with Crippen LogP contribution in [0, 0.1) is 0 Å². The van der Waals surface area contributed by atoms with E-state index in [0.717, 1.165) is 84.6 Å². The number of anilines is 6. The molecule has 1 heterocycles. The van der Waals surface area contributed by atoms with Gasteiger partial charge in [-0.15, -0.1) is 0 Å². The fourth-order valence-electron chi connectivity index (χ4n) is 17.4. The maximum atomic E-state index is 2.65. The number of unbranched alkanes of at least 4 members (excludes halogenated alkanes) is 2. The molecule has 2 unspecified atom stereocenters. The molecule has 1 aromatic heterocycles. The molecule has 16 aromatic rings. The lowest BCUT2D eigenvalue weighted by atomic mass is 9.78. The van der Waals surface area contributed by atoms with Gasteiger partial charge in [-0.2, -0.15) is 0 Å². The van der Waals surface area contributed by atoms with Gasteiger partial charge in [0.15, 0.2) is 0 Å². The summed E-state index contributed by atoms with van der Waals surface area (Å²) in [5.41, 5.74) is 28.9. The zero-order valence-electron chi connectivity index (χ0n) is 62.8. The van der Waals surface area contributed by atoms with Crippen LogP contribution in [0.1, 0.15) is 127 Å². The second-order valence-corrected chi connectivity index (χ2v) is 31.2. The smallest absolute Gasteiger partial charge is 0.0620 e. The molecule has 0 amide bonds. The fourth-order valence-corrected chi connectivity index (χ4v) is 17.4. The lowest BCUT2D eigenvalue weighted by Gasteiger charge is -2.35. The van der Waals surface area contributed by atoms with Crippen molar-refractivity contribution >= 4 is 77.5 Å². The van der Waals surface area contributed by atoms with Crippen LogP contribution >= 0.6 is 0 Å². The van der Waals surface area contributed by atoms with Crippen molar-refractivity contribution in [1.29, 1.82) is 0 Å². The average Bonchev–Trinajstić information content (AvgIpc) is 1.39. The third-order valence-electron chi connectivity index (χ3n) is 23.6. The third kappa shape index (κ3) is 13.0. The molecule has 107 heavy (non-hydrogen) atoms. The maximum Gasteiger partial charge on any atom is 0.0620 e. The quantitative estimate of drug-likeness (QED) is 0.0557. The van der Waals surface area contributed by atoms with Gasteiger partial charge in [-0.1, -0.05) is 335 Å². The highest BCUT2D eigenvalue weighted by Crippen LogP contribution is 2.55. The second-order valence-electron chi connectivity index (χ2n) is 31.2. The number of aromatic nitrogens is 1. The molecule has 524 valence electrons. The summed E-state index contributed by atoms with van der Waals surface area (Å²) in [6, 6.07) is 129. The molecule has 0 spiro atoms. The first-order chi connectivity index (χ1) is 52.4. The van der Waals surface area contributed by atoms with E-state index < -0.39 is 0 Å². The lowest BCUT2D eigenvalue weighted by Crippen LogP contribution is -2.19. The van der Waals surface area contributed by atoms with Gasteiger partial charge < -0.3 is 14.4 Å². The van der Waals surface area contributed by atoms with Crippen LogP contribution in [0.5, 0.6) is 0 Å². The molecule has 0 aliphatic heterocycles. The molecule has 0 saturated heterocycles. The van der Waals surface area contributed by atoms with Gasteiger partial charge >= 0.3 is 0 Å². The Hall–Kier alpha value is -11.8. The van der Waals surface area contributed by atoms with Gasteiger partial charge in [0, 0.05) is 60.8 Å². The van der Waals surface area contributed by atoms with Gasteiger partial charge in [-0.25, -0.2) is 0 Å². The van der Waals surface area contributed by atoms with E-state index in [-0.39, 0.29) is 22.7 Å². The molecule has 3 nitrogen and oxygen atoms in total. The number of fused-ring (bicyclic) bond motifs is 8. The topological polar surface area (TPSA) is 11.4 Å². The van der Waals surface area contributed by atoms with E-state index in [1.54, 1.807) is 0 Å². The molecular formula is C104H93N3. The Bertz CT molecular complexity index is 5830. The van der Waals surface area contributed by atoms with Crippen LogP contribution in [0.15, 0.2) is 340 Å². The molecule has 0 N–H and O–H groups in total. The Labute approximate surface area is 632 Å². The molecule has 0 fully saturated rings. The highest BCUT2D eigenvalue weighted by Gasteiger charge is 2.33. The second kappa shape index (κ2) is 28.9. The predicted octanol–water partition coefficient (Wildman–Crippen LogP) is 29.7. The average molecular weight is 1380 g/mol. The van der Waals surface area contributed by atoms with E-state index in [4.69, 9.17) is 0 Å². The number of para-hydroxylation sites is 2. The van der Waals surface area contributed by atoms with Crippen molar-refractivity contribution in [2.24, 2.45) is 0 Å². The Morgan fingerprint density at radius 3 is 1.21 bits per heavy atom. The normalized spacial score (nSPS) is 13.7. The summed E-state index contributed by atoms with van der Waals surface area (Å²) in [6.45, 7) is 17.0. The third-order valence-corrected chi connectivity index (χ3v) is 23.6. The highest BCUT2D eigenvalue weighted by molar-refractivity contribution is 6.24. The molecule has 0 bridgehead atoms. The molecule has 1 aliphatic carbocycles. The maximum absolute atomic E-state index is 2.65. The largest absolute Gasteiger partial charge is 0.309 e. The number of rotatable bonds is 20. The first-order valence-corrected chi connectivity index (χ1v) is 38.9. The van der Waals surface area contributed by atoms with Crippen molar-refractivity contribution in [2.75, 3.05) is 9.80 Å². The summed E-state index contributed by atoms with van der Waals surface area (Å²) in [6.07, 6.45) is 7.58. The Morgan fingerprint density at radius 1 is 0.327 bits per heavy atom. The molecule has 17 rings (SSSR count). The van der Waals surface area contributed by atoms with Crippen LogP contribution in [-0.4, -0.2) is 4.57 Å². The van der Waals surface area contributed by atoms with Gasteiger partial charge in [0.05, 0.1) is 22.4 Å². The highest BCUT2D eigenvalue weighted by atomic mass is 15.2. The van der Waals surface area contributed by atoms with E-state index in [0.29, 0.717) is 0 Å². The van der Waals surface area contributed by atoms with Crippen LogP contribution in [0.4, 0.5) is 34.1 Å². The van der Waals surface area contributed by atoms with Crippen LogP contribution in [0.3, 0.4) is 0 Å². The van der Waals surface area contributed by atoms with E-state index in [1.165, 1.54) is 127 Å². The zero-order chi connectivity index (χ0) is 72.8. The van der Waals surface area contributed by atoms with Gasteiger partial charge in [0.1, 0.15) is 0 Å². The molecular weight excluding hydrogens is 1290 g/mol. The van der Waals surface area contributed by atoms with E-state index in [9.17, 15) is 0 Å². The Balaban J connectivity index is 0.941. The van der Waals surface area contributed by atoms with Crippen LogP contribution < -0.4 is 9.80 Å². The van der Waals surface area contributed by atoms with Gasteiger partial charge in [0.2, 0.25) is 0 Å². The number of benzene rings is 15. The van der Waals surface area contributed by atoms with Crippen LogP contribution in [0.25, 0.3) is 105 Å². The minimum absolute atomic E-state index is 0.139. The summed E-state index contributed by atoms with van der Waals surface area (Å²) in [4.78, 5) is 5.27. The first kappa shape index (κ1) is 68.3. The summed E-state index contributed by atoms with van der Waals surface area (Å²) >= 11 is 0. The van der Waals surface area contributed by atoms with Crippen LogP contribution in [0.2, 0.25) is 0 Å². The van der Waals surface area contributed by atoms with Gasteiger partial charge in [0.25, 0.3) is 0 Å². The first-order valence-electron chi connectivity index (χ1n) is 38.9. The summed E-state index contributed by atoms with van der Waals surface area (Å²) in [5, 5.41) is 7.23. The number of hydrogen-bond acceptors (Lipinski definition) is 2. The predicted molar refractivity (Wildman–Crippen MR) is 459 cm³/mol. The molecule has 0 saturated carbocycles. The van der Waals surface area contributed by atoms with Crippen molar-refractivity contribution in [3.63, 3.8) is 0 Å². The van der Waals surface area contributed by atoms with Crippen molar-refractivity contribution in [1.82, 2.24) is 4.57 Å². The minimum atomic E-state index is -0.140. The van der Waals surface area contributed by atoms with Crippen LogP contribution in [-0.2, 0) is 17.3 Å². The zero-order valence-corrected chi connectivity index (χ0v) is 62.8. The van der Waals surface area contributed by atoms with Gasteiger partial charge in [-0.3, -0.25) is 0 Å². The molecule has 3 heteroatoms. The van der Waals surface area contributed by atoms with Crippen molar-refractivity contribution < 1.29 is 0 Å². The van der Waals surface area contributed by atoms with E-state index in [2.05, 4.69) is 403 Å². The molecule has 15 aromatic carbocycles. The molecule has 1 aliphatic rings. The van der Waals surface area contributed by atoms with Crippen molar-refractivity contribution in [3.8, 4) is 61.3 Å². The lowest BCUT2D eigenvalue weighted by molar-refractivity contribution is 0.458. The van der Waals surface area contributed by atoms with Crippen molar-refractivity contribution in [2.45, 2.75) is 116 Å². The molecule has 2 atom stereocenters. The van der Waals surface area contributed by atoms with E-state index in [1.807, 2.05) is 0 Å². The fraction of sp³-hybridized carbons (Fsp3) is 0.173. The van der Waals surface area contributed by atoms with Gasteiger partial charge in [-0.05, 0) is 204 Å². The van der Waals surface area contributed by atoms with Crippen molar-refractivity contribution in [3.05, 3.63) is 368 Å². The summed E-state index contributed by atoms with van der Waals surface area (Å²) < 4.78 is 2.47.